The van der Waals surface area contributed by atoms with Gasteiger partial charge < -0.3 is 14.8 Å². The van der Waals surface area contributed by atoms with Crippen molar-refractivity contribution in [2.45, 2.75) is 44.9 Å². The van der Waals surface area contributed by atoms with Crippen LogP contribution in [0.3, 0.4) is 0 Å². The highest BCUT2D eigenvalue weighted by Crippen LogP contribution is 2.47. The molecule has 2 aliphatic rings. The van der Waals surface area contributed by atoms with Crippen LogP contribution < -0.4 is 14.8 Å². The number of hydrogen-bond acceptors (Lipinski definition) is 5. The van der Waals surface area contributed by atoms with Crippen molar-refractivity contribution in [3.05, 3.63) is 35.0 Å². The van der Waals surface area contributed by atoms with Gasteiger partial charge >= 0.3 is 0 Å². The zero-order valence-corrected chi connectivity index (χ0v) is 16.4. The molecule has 0 radical (unpaired) electrons. The lowest BCUT2D eigenvalue weighted by atomic mass is 9.84. The quantitative estimate of drug-likeness (QED) is 0.741. The Balaban J connectivity index is 1.73. The minimum absolute atomic E-state index is 0.0880. The highest BCUT2D eigenvalue weighted by atomic mass is 16.5. The molecule has 7 nitrogen and oxygen atoms in total. The molecule has 1 aliphatic carbocycles. The second kappa shape index (κ2) is 7.30. The summed E-state index contributed by atoms with van der Waals surface area (Å²) in [5, 5.41) is 7.50. The summed E-state index contributed by atoms with van der Waals surface area (Å²) < 4.78 is 12.9. The maximum atomic E-state index is 13.4. The minimum Gasteiger partial charge on any atom is -0.490 e. The van der Waals surface area contributed by atoms with Crippen LogP contribution in [-0.4, -0.2) is 34.7 Å². The Bertz CT molecular complexity index is 930. The first-order valence-electron chi connectivity index (χ1n) is 9.83. The van der Waals surface area contributed by atoms with Gasteiger partial charge in [-0.15, -0.1) is 0 Å². The lowest BCUT2D eigenvalue weighted by molar-refractivity contribution is -0.116. The van der Waals surface area contributed by atoms with Crippen molar-refractivity contribution in [2.24, 2.45) is 7.05 Å². The molecule has 1 N–H and O–H groups in total. The van der Waals surface area contributed by atoms with Crippen LogP contribution in [0.15, 0.2) is 18.2 Å². The molecule has 1 unspecified atom stereocenters. The molecule has 28 heavy (non-hydrogen) atoms. The molecule has 0 spiro atoms. The van der Waals surface area contributed by atoms with E-state index in [1.54, 1.807) is 22.9 Å². The number of anilines is 1. The predicted octanol–water partition coefficient (Wildman–Crippen LogP) is 3.40. The zero-order chi connectivity index (χ0) is 19.8. The van der Waals surface area contributed by atoms with E-state index < -0.39 is 5.92 Å². The molecule has 1 aliphatic heterocycles. The Morgan fingerprint density at radius 3 is 2.61 bits per heavy atom. The largest absolute Gasteiger partial charge is 0.490 e. The topological polar surface area (TPSA) is 82.5 Å². The third kappa shape index (κ3) is 3.25. The van der Waals surface area contributed by atoms with E-state index in [0.717, 1.165) is 24.1 Å². The molecule has 2 heterocycles. The second-order valence-electron chi connectivity index (χ2n) is 7.24. The first-order valence-corrected chi connectivity index (χ1v) is 9.83. The Hall–Kier alpha value is -2.83. The number of nitrogens with zero attached hydrogens (tertiary/aromatic N) is 2. The molecule has 7 heteroatoms. The molecule has 1 amide bonds. The lowest BCUT2D eigenvalue weighted by Crippen LogP contribution is -2.28. The highest BCUT2D eigenvalue weighted by molar-refractivity contribution is 6.08. The van der Waals surface area contributed by atoms with E-state index in [4.69, 9.17) is 9.47 Å². The lowest BCUT2D eigenvalue weighted by Gasteiger charge is -2.23. The molecule has 4 rings (SSSR count). The van der Waals surface area contributed by atoms with Crippen molar-refractivity contribution in [2.75, 3.05) is 18.5 Å². The van der Waals surface area contributed by atoms with Crippen LogP contribution in [0, 0.1) is 0 Å². The van der Waals surface area contributed by atoms with Gasteiger partial charge in [0.2, 0.25) is 5.91 Å². The molecule has 0 bridgehead atoms. The SMILES string of the molecule is CCOc1ccc(C(=O)C2CC(=O)Nc3c2c(C2CC2)nn3C)cc1OCC. The van der Waals surface area contributed by atoms with Crippen molar-refractivity contribution in [1.82, 2.24) is 9.78 Å². The Morgan fingerprint density at radius 1 is 1.21 bits per heavy atom. The average Bonchev–Trinajstić information content (AvgIpc) is 3.47. The summed E-state index contributed by atoms with van der Waals surface area (Å²) in [4.78, 5) is 25.7. The summed E-state index contributed by atoms with van der Waals surface area (Å²) in [5.74, 6) is 1.42. The molecule has 1 fully saturated rings. The summed E-state index contributed by atoms with van der Waals surface area (Å²) in [5.41, 5.74) is 2.34. The number of fused-ring (bicyclic) bond motifs is 1. The van der Waals surface area contributed by atoms with Crippen LogP contribution in [0.2, 0.25) is 0 Å². The third-order valence-electron chi connectivity index (χ3n) is 5.22. The van der Waals surface area contributed by atoms with E-state index in [9.17, 15) is 9.59 Å². The van der Waals surface area contributed by atoms with Gasteiger partial charge in [-0.2, -0.15) is 5.10 Å². The molecule has 2 aromatic rings. The van der Waals surface area contributed by atoms with Crippen molar-refractivity contribution in [3.63, 3.8) is 0 Å². The van der Waals surface area contributed by atoms with E-state index in [1.807, 2.05) is 20.9 Å². The van der Waals surface area contributed by atoms with Crippen LogP contribution in [0.4, 0.5) is 5.82 Å². The standard InChI is InChI=1S/C21H25N3O4/c1-4-27-15-9-8-13(10-16(15)28-5-2)20(26)14-11-17(25)22-21-18(14)19(12-6-7-12)23-24(21)3/h8-10,12,14H,4-7,11H2,1-3H3,(H,22,25). The van der Waals surface area contributed by atoms with Gasteiger partial charge in [0, 0.05) is 30.5 Å². The number of aromatic nitrogens is 2. The average molecular weight is 383 g/mol. The fourth-order valence-electron chi connectivity index (χ4n) is 3.81. The number of rotatable bonds is 7. The van der Waals surface area contributed by atoms with E-state index in [0.29, 0.717) is 42.0 Å². The van der Waals surface area contributed by atoms with Gasteiger partial charge in [0.1, 0.15) is 5.82 Å². The molecular weight excluding hydrogens is 358 g/mol. The van der Waals surface area contributed by atoms with E-state index >= 15 is 0 Å². The number of hydrogen-bond donors (Lipinski definition) is 1. The smallest absolute Gasteiger partial charge is 0.226 e. The zero-order valence-electron chi connectivity index (χ0n) is 16.4. The fraction of sp³-hybridized carbons (Fsp3) is 0.476. The number of carbonyl (C=O) groups excluding carboxylic acids is 2. The third-order valence-corrected chi connectivity index (χ3v) is 5.22. The van der Waals surface area contributed by atoms with Gasteiger partial charge in [-0.1, -0.05) is 0 Å². The maximum absolute atomic E-state index is 13.4. The maximum Gasteiger partial charge on any atom is 0.226 e. The van der Waals surface area contributed by atoms with Gasteiger partial charge in [0.05, 0.1) is 24.8 Å². The Labute approximate surface area is 164 Å². The fourth-order valence-corrected chi connectivity index (χ4v) is 3.81. The number of aryl methyl sites for hydroxylation is 1. The number of carbonyl (C=O) groups is 2. The van der Waals surface area contributed by atoms with Crippen molar-refractivity contribution < 1.29 is 19.1 Å². The van der Waals surface area contributed by atoms with Gasteiger partial charge in [-0.25, -0.2) is 0 Å². The van der Waals surface area contributed by atoms with Gasteiger partial charge in [-0.3, -0.25) is 14.3 Å². The van der Waals surface area contributed by atoms with Gasteiger partial charge in [0.15, 0.2) is 17.3 Å². The second-order valence-corrected chi connectivity index (χ2v) is 7.24. The van der Waals surface area contributed by atoms with Gasteiger partial charge in [0.25, 0.3) is 0 Å². The molecular formula is C21H25N3O4. The minimum atomic E-state index is -0.527. The monoisotopic (exact) mass is 383 g/mol. The molecule has 148 valence electrons. The first-order chi connectivity index (χ1) is 13.5. The highest BCUT2D eigenvalue weighted by Gasteiger charge is 2.40. The van der Waals surface area contributed by atoms with Crippen LogP contribution >= 0.6 is 0 Å². The van der Waals surface area contributed by atoms with Crippen molar-refractivity contribution in [3.8, 4) is 11.5 Å². The molecule has 1 aromatic heterocycles. The number of ether oxygens (including phenoxy) is 2. The number of benzene rings is 1. The Kier molecular flexibility index (Phi) is 4.83. The Morgan fingerprint density at radius 2 is 1.93 bits per heavy atom. The molecule has 0 saturated heterocycles. The van der Waals surface area contributed by atoms with Crippen molar-refractivity contribution >= 4 is 17.5 Å². The van der Waals surface area contributed by atoms with Crippen LogP contribution in [0.1, 0.15) is 66.6 Å². The van der Waals surface area contributed by atoms with E-state index in [-0.39, 0.29) is 18.1 Å². The number of Topliss-reactive ketones (excluding diaryl/α,β-unsaturated/α-hetero) is 1. The molecule has 1 atom stereocenters. The predicted molar refractivity (Wildman–Crippen MR) is 104 cm³/mol. The summed E-state index contributed by atoms with van der Waals surface area (Å²) >= 11 is 0. The summed E-state index contributed by atoms with van der Waals surface area (Å²) in [6.45, 7) is 4.78. The molecule has 1 saturated carbocycles. The van der Waals surface area contributed by atoms with Crippen LogP contribution in [-0.2, 0) is 11.8 Å². The summed E-state index contributed by atoms with van der Waals surface area (Å²) in [6, 6.07) is 5.22. The summed E-state index contributed by atoms with van der Waals surface area (Å²) in [7, 11) is 1.81. The first kappa shape index (κ1) is 18.5. The van der Waals surface area contributed by atoms with Crippen molar-refractivity contribution in [1.29, 1.82) is 0 Å². The molecule has 1 aromatic carbocycles. The number of amides is 1. The van der Waals surface area contributed by atoms with Crippen LogP contribution in [0.25, 0.3) is 0 Å². The summed E-state index contributed by atoms with van der Waals surface area (Å²) in [6.07, 6.45) is 2.29. The van der Waals surface area contributed by atoms with Gasteiger partial charge in [-0.05, 0) is 44.9 Å². The van der Waals surface area contributed by atoms with E-state index in [1.165, 1.54) is 0 Å². The van der Waals surface area contributed by atoms with Crippen LogP contribution in [0.5, 0.6) is 11.5 Å². The number of nitrogens with one attached hydrogen (secondary N) is 1. The number of ketones is 1. The van der Waals surface area contributed by atoms with E-state index in [2.05, 4.69) is 10.4 Å². The normalized spacial score (nSPS) is 18.4.